The fraction of sp³-hybridized carbons (Fsp3) is 0.381. The van der Waals surface area contributed by atoms with Gasteiger partial charge in [-0.3, -0.25) is 14.4 Å². The number of aryl methyl sites for hydroxylation is 1. The van der Waals surface area contributed by atoms with Crippen molar-refractivity contribution >= 4 is 28.9 Å². The smallest absolute Gasteiger partial charge is 0.261 e. The minimum Gasteiger partial charge on any atom is -0.352 e. The zero-order chi connectivity index (χ0) is 19.4. The lowest BCUT2D eigenvalue weighted by atomic mass is 10.1. The molecule has 2 atom stereocenters. The summed E-state index contributed by atoms with van der Waals surface area (Å²) in [4.78, 5) is 37.3. The normalized spacial score (nSPS) is 18.9. The van der Waals surface area contributed by atoms with Crippen molar-refractivity contribution in [2.75, 3.05) is 0 Å². The van der Waals surface area contributed by atoms with Gasteiger partial charge in [0.15, 0.2) is 5.78 Å². The Morgan fingerprint density at radius 3 is 2.52 bits per heavy atom. The summed E-state index contributed by atoms with van der Waals surface area (Å²) in [6.45, 7) is 4.05. The van der Waals surface area contributed by atoms with Crippen molar-refractivity contribution in [2.24, 2.45) is 5.92 Å². The second-order valence-electron chi connectivity index (χ2n) is 7.04. The molecule has 6 heteroatoms. The van der Waals surface area contributed by atoms with Gasteiger partial charge >= 0.3 is 0 Å². The molecule has 1 aliphatic rings. The third kappa shape index (κ3) is 4.83. The van der Waals surface area contributed by atoms with Gasteiger partial charge in [-0.05, 0) is 56.4 Å². The van der Waals surface area contributed by atoms with Gasteiger partial charge in [0.1, 0.15) is 0 Å². The summed E-state index contributed by atoms with van der Waals surface area (Å²) in [7, 11) is 0. The van der Waals surface area contributed by atoms with Crippen molar-refractivity contribution in [3.05, 3.63) is 57.3 Å². The molecule has 1 aromatic carbocycles. The van der Waals surface area contributed by atoms with Crippen LogP contribution in [0.25, 0.3) is 0 Å². The van der Waals surface area contributed by atoms with Crippen molar-refractivity contribution in [3.8, 4) is 0 Å². The van der Waals surface area contributed by atoms with Gasteiger partial charge in [-0.1, -0.05) is 24.3 Å². The predicted octanol–water partition coefficient (Wildman–Crippen LogP) is 3.47. The van der Waals surface area contributed by atoms with E-state index in [-0.39, 0.29) is 29.6 Å². The van der Waals surface area contributed by atoms with Crippen LogP contribution >= 0.6 is 11.3 Å². The number of carbonyl (C=O) groups excluding carboxylic acids is 3. The summed E-state index contributed by atoms with van der Waals surface area (Å²) >= 11 is 1.21. The molecule has 1 aromatic heterocycles. The number of nitrogens with one attached hydrogen (secondary N) is 2. The van der Waals surface area contributed by atoms with E-state index in [1.165, 1.54) is 18.3 Å². The lowest BCUT2D eigenvalue weighted by Gasteiger charge is -2.14. The summed E-state index contributed by atoms with van der Waals surface area (Å²) in [6.07, 6.45) is 2.21. The highest BCUT2D eigenvalue weighted by Gasteiger charge is 2.31. The van der Waals surface area contributed by atoms with Crippen LogP contribution in [0.2, 0.25) is 0 Å². The molecule has 27 heavy (non-hydrogen) atoms. The highest BCUT2D eigenvalue weighted by atomic mass is 32.1. The number of hydrogen-bond donors (Lipinski definition) is 2. The number of Topliss-reactive ketones (excluding diaryl/α,β-unsaturated/α-hetero) is 1. The first-order valence-corrected chi connectivity index (χ1v) is 9.99. The Kier molecular flexibility index (Phi) is 6.06. The Bertz CT molecular complexity index is 859. The van der Waals surface area contributed by atoms with Crippen LogP contribution in [0.15, 0.2) is 36.4 Å². The van der Waals surface area contributed by atoms with E-state index in [4.69, 9.17) is 0 Å². The molecule has 1 saturated carbocycles. The van der Waals surface area contributed by atoms with Crippen LogP contribution < -0.4 is 10.6 Å². The lowest BCUT2D eigenvalue weighted by molar-refractivity contribution is -0.125. The van der Waals surface area contributed by atoms with Crippen molar-refractivity contribution in [2.45, 2.75) is 45.7 Å². The van der Waals surface area contributed by atoms with Crippen LogP contribution in [0.4, 0.5) is 0 Å². The van der Waals surface area contributed by atoms with E-state index >= 15 is 0 Å². The van der Waals surface area contributed by atoms with Crippen molar-refractivity contribution < 1.29 is 14.4 Å². The number of benzene rings is 1. The summed E-state index contributed by atoms with van der Waals surface area (Å²) in [5.74, 6) is -0.232. The Labute approximate surface area is 163 Å². The molecule has 0 aliphatic heterocycles. The second-order valence-corrected chi connectivity index (χ2v) is 8.13. The molecule has 2 amide bonds. The highest BCUT2D eigenvalue weighted by molar-refractivity contribution is 7.15. The van der Waals surface area contributed by atoms with Crippen LogP contribution in [-0.2, 0) is 11.3 Å². The average molecular weight is 385 g/mol. The van der Waals surface area contributed by atoms with Crippen molar-refractivity contribution in [1.82, 2.24) is 10.6 Å². The molecular weight excluding hydrogens is 360 g/mol. The summed E-state index contributed by atoms with van der Waals surface area (Å²) in [6, 6.07) is 11.4. The number of hydrogen-bond acceptors (Lipinski definition) is 4. The zero-order valence-corrected chi connectivity index (χ0v) is 16.4. The van der Waals surface area contributed by atoms with E-state index in [1.54, 1.807) is 12.1 Å². The standard InChI is InChI=1S/C21H24N2O3S/c1-13-5-3-4-6-16(13)12-22-20(25)15-7-8-17(11-15)23-21(26)19-10-9-18(27-19)14(2)24/h3-6,9-10,15,17H,7-8,11-12H2,1-2H3,(H,22,25)(H,23,26)/t15-,17+/m1/s1. The largest absolute Gasteiger partial charge is 0.352 e. The van der Waals surface area contributed by atoms with Crippen LogP contribution in [0, 0.1) is 12.8 Å². The topological polar surface area (TPSA) is 75.3 Å². The Hall–Kier alpha value is -2.47. The molecule has 0 bridgehead atoms. The van der Waals surface area contributed by atoms with Crippen molar-refractivity contribution in [3.63, 3.8) is 0 Å². The first kappa shape index (κ1) is 19.3. The third-order valence-corrected chi connectivity index (χ3v) is 6.21. The maximum atomic E-state index is 12.5. The predicted molar refractivity (Wildman–Crippen MR) is 106 cm³/mol. The Morgan fingerprint density at radius 2 is 1.81 bits per heavy atom. The molecular formula is C21H24N2O3S. The zero-order valence-electron chi connectivity index (χ0n) is 15.6. The monoisotopic (exact) mass is 384 g/mol. The fourth-order valence-electron chi connectivity index (χ4n) is 3.39. The highest BCUT2D eigenvalue weighted by Crippen LogP contribution is 2.27. The van der Waals surface area contributed by atoms with Crippen LogP contribution in [-0.4, -0.2) is 23.6 Å². The van der Waals surface area contributed by atoms with Gasteiger partial charge in [-0.2, -0.15) is 0 Å². The molecule has 2 N–H and O–H groups in total. The molecule has 1 heterocycles. The first-order valence-electron chi connectivity index (χ1n) is 9.18. The molecule has 0 radical (unpaired) electrons. The Morgan fingerprint density at radius 1 is 1.07 bits per heavy atom. The third-order valence-electron chi connectivity index (χ3n) is 5.03. The minimum atomic E-state index is -0.168. The number of thiophene rings is 1. The van der Waals surface area contributed by atoms with E-state index in [9.17, 15) is 14.4 Å². The quantitative estimate of drug-likeness (QED) is 0.749. The maximum absolute atomic E-state index is 12.5. The van der Waals surface area contributed by atoms with E-state index in [1.807, 2.05) is 31.2 Å². The van der Waals surface area contributed by atoms with Gasteiger partial charge in [0.2, 0.25) is 5.91 Å². The molecule has 0 unspecified atom stereocenters. The molecule has 1 fully saturated rings. The molecule has 142 valence electrons. The molecule has 0 spiro atoms. The van der Waals surface area contributed by atoms with Gasteiger partial charge in [0, 0.05) is 18.5 Å². The fourth-order valence-corrected chi connectivity index (χ4v) is 4.20. The summed E-state index contributed by atoms with van der Waals surface area (Å²) < 4.78 is 0. The van der Waals surface area contributed by atoms with Crippen LogP contribution in [0.5, 0.6) is 0 Å². The van der Waals surface area contributed by atoms with Gasteiger partial charge in [-0.15, -0.1) is 11.3 Å². The van der Waals surface area contributed by atoms with E-state index in [0.717, 1.165) is 24.0 Å². The first-order chi connectivity index (χ1) is 12.9. The van der Waals surface area contributed by atoms with Crippen molar-refractivity contribution in [1.29, 1.82) is 0 Å². The van der Waals surface area contributed by atoms with Crippen LogP contribution in [0.1, 0.15) is 56.7 Å². The maximum Gasteiger partial charge on any atom is 0.261 e. The van der Waals surface area contributed by atoms with Gasteiger partial charge in [-0.25, -0.2) is 0 Å². The Balaban J connectivity index is 1.49. The van der Waals surface area contributed by atoms with Crippen LogP contribution in [0.3, 0.4) is 0 Å². The average Bonchev–Trinajstić information content (AvgIpc) is 3.30. The van der Waals surface area contributed by atoms with E-state index in [2.05, 4.69) is 10.6 Å². The number of rotatable bonds is 6. The van der Waals surface area contributed by atoms with E-state index in [0.29, 0.717) is 22.7 Å². The van der Waals surface area contributed by atoms with E-state index < -0.39 is 0 Å². The van der Waals surface area contributed by atoms with Gasteiger partial charge in [0.25, 0.3) is 5.91 Å². The van der Waals surface area contributed by atoms with Gasteiger partial charge in [0.05, 0.1) is 9.75 Å². The molecule has 3 rings (SSSR count). The minimum absolute atomic E-state index is 0.00501. The molecule has 1 aliphatic carbocycles. The molecule has 5 nitrogen and oxygen atoms in total. The SMILES string of the molecule is CC(=O)c1ccc(C(=O)N[C@H]2CC[C@@H](C(=O)NCc3ccccc3C)C2)s1. The number of carbonyl (C=O) groups is 3. The summed E-state index contributed by atoms with van der Waals surface area (Å²) in [5, 5.41) is 6.01. The molecule has 0 saturated heterocycles. The lowest BCUT2D eigenvalue weighted by Crippen LogP contribution is -2.34. The number of ketones is 1. The second kappa shape index (κ2) is 8.48. The summed E-state index contributed by atoms with van der Waals surface area (Å²) in [5.41, 5.74) is 2.28. The van der Waals surface area contributed by atoms with Gasteiger partial charge < -0.3 is 10.6 Å². The molecule has 2 aromatic rings. The number of amides is 2.